The van der Waals surface area contributed by atoms with Crippen molar-refractivity contribution in [2.24, 2.45) is 0 Å². The Bertz CT molecular complexity index is 1220. The monoisotopic (exact) mass is 427 g/mol. The van der Waals surface area contributed by atoms with Crippen molar-refractivity contribution in [1.29, 1.82) is 0 Å². The lowest BCUT2D eigenvalue weighted by Gasteiger charge is -2.35. The summed E-state index contributed by atoms with van der Waals surface area (Å²) in [6, 6.07) is 19.0. The molecule has 32 heavy (non-hydrogen) atoms. The maximum Gasteiger partial charge on any atom is 0.165 e. The lowest BCUT2D eigenvalue weighted by molar-refractivity contribution is 0.283. The first kappa shape index (κ1) is 20.4. The maximum atomic E-state index is 13.4. The summed E-state index contributed by atoms with van der Waals surface area (Å²) in [6.07, 6.45) is 6.24. The van der Waals surface area contributed by atoms with Gasteiger partial charge in [0.15, 0.2) is 5.65 Å². The third-order valence-electron chi connectivity index (χ3n) is 5.91. The van der Waals surface area contributed by atoms with Crippen molar-refractivity contribution in [3.63, 3.8) is 0 Å². The highest BCUT2D eigenvalue weighted by Gasteiger charge is 2.21. The van der Waals surface area contributed by atoms with E-state index in [2.05, 4.69) is 57.4 Å². The topological polar surface area (TPSA) is 36.7 Å². The Morgan fingerprint density at radius 2 is 1.72 bits per heavy atom. The summed E-state index contributed by atoms with van der Waals surface area (Å²) in [6.45, 7) is 6.81. The second-order valence-electron chi connectivity index (χ2n) is 8.16. The molecule has 5 rings (SSSR count). The van der Waals surface area contributed by atoms with Gasteiger partial charge in [-0.15, -0.1) is 0 Å². The highest BCUT2D eigenvalue weighted by Crippen LogP contribution is 2.27. The van der Waals surface area contributed by atoms with Crippen molar-refractivity contribution in [1.82, 2.24) is 19.5 Å². The SMILES string of the molecule is Cc1cc(N2CCN(C/C=C\c3ccccc3)CC2)n2ncc(-c3ccc(F)cc3)c2n1. The largest absolute Gasteiger partial charge is 0.354 e. The predicted molar refractivity (Wildman–Crippen MR) is 127 cm³/mol. The molecule has 2 aromatic heterocycles. The van der Waals surface area contributed by atoms with Crippen LogP contribution in [-0.4, -0.2) is 52.2 Å². The molecule has 0 amide bonds. The van der Waals surface area contributed by atoms with Crippen molar-refractivity contribution in [3.05, 3.63) is 90.0 Å². The molecule has 0 saturated carbocycles. The first-order valence-electron chi connectivity index (χ1n) is 11.0. The zero-order chi connectivity index (χ0) is 21.9. The minimum atomic E-state index is -0.244. The van der Waals surface area contributed by atoms with Crippen LogP contribution in [0.1, 0.15) is 11.3 Å². The lowest BCUT2D eigenvalue weighted by Crippen LogP contribution is -2.47. The minimum Gasteiger partial charge on any atom is -0.354 e. The molecular formula is C26H26FN5. The fourth-order valence-electron chi connectivity index (χ4n) is 4.18. The number of rotatable bonds is 5. The summed E-state index contributed by atoms with van der Waals surface area (Å²) in [7, 11) is 0. The molecule has 0 N–H and O–H groups in total. The van der Waals surface area contributed by atoms with Crippen molar-refractivity contribution in [2.45, 2.75) is 6.92 Å². The Balaban J connectivity index is 1.31. The van der Waals surface area contributed by atoms with E-state index in [-0.39, 0.29) is 5.82 Å². The fourth-order valence-corrected chi connectivity index (χ4v) is 4.18. The van der Waals surface area contributed by atoms with Crippen LogP contribution in [0.25, 0.3) is 22.9 Å². The van der Waals surface area contributed by atoms with Crippen LogP contribution in [0.3, 0.4) is 0 Å². The van der Waals surface area contributed by atoms with E-state index < -0.39 is 0 Å². The van der Waals surface area contributed by atoms with Gasteiger partial charge in [-0.25, -0.2) is 9.37 Å². The van der Waals surface area contributed by atoms with Crippen molar-refractivity contribution in [3.8, 4) is 11.1 Å². The van der Waals surface area contributed by atoms with Gasteiger partial charge in [0.05, 0.1) is 6.20 Å². The summed E-state index contributed by atoms with van der Waals surface area (Å²) in [5.74, 6) is 0.812. The average Bonchev–Trinajstić information content (AvgIpc) is 3.24. The summed E-state index contributed by atoms with van der Waals surface area (Å²) in [5, 5.41) is 4.63. The molecule has 0 radical (unpaired) electrons. The van der Waals surface area contributed by atoms with Crippen LogP contribution in [0.5, 0.6) is 0 Å². The number of hydrogen-bond donors (Lipinski definition) is 0. The quantitative estimate of drug-likeness (QED) is 0.463. The van der Waals surface area contributed by atoms with Crippen LogP contribution in [-0.2, 0) is 0 Å². The number of anilines is 1. The van der Waals surface area contributed by atoms with Gasteiger partial charge >= 0.3 is 0 Å². The second kappa shape index (κ2) is 8.93. The molecule has 1 aliphatic rings. The molecule has 0 unspecified atom stereocenters. The van der Waals surface area contributed by atoms with Crippen LogP contribution in [0.15, 0.2) is 72.9 Å². The Labute approximate surface area is 187 Å². The van der Waals surface area contributed by atoms with E-state index in [0.29, 0.717) is 0 Å². The van der Waals surface area contributed by atoms with E-state index in [9.17, 15) is 4.39 Å². The third kappa shape index (κ3) is 4.27. The minimum absolute atomic E-state index is 0.244. The van der Waals surface area contributed by atoms with Gasteiger partial charge < -0.3 is 4.90 Å². The molecule has 0 spiro atoms. The molecule has 2 aromatic carbocycles. The fraction of sp³-hybridized carbons (Fsp3) is 0.231. The Morgan fingerprint density at radius 1 is 0.969 bits per heavy atom. The number of aryl methyl sites for hydroxylation is 1. The van der Waals surface area contributed by atoms with E-state index >= 15 is 0 Å². The highest BCUT2D eigenvalue weighted by molar-refractivity contribution is 5.78. The van der Waals surface area contributed by atoms with Crippen LogP contribution >= 0.6 is 0 Å². The zero-order valence-electron chi connectivity index (χ0n) is 18.2. The Hall–Kier alpha value is -3.51. The van der Waals surface area contributed by atoms with Crippen molar-refractivity contribution in [2.75, 3.05) is 37.6 Å². The molecule has 1 saturated heterocycles. The summed E-state index contributed by atoms with van der Waals surface area (Å²) in [5.41, 5.74) is 4.82. The maximum absolute atomic E-state index is 13.4. The first-order valence-corrected chi connectivity index (χ1v) is 11.0. The van der Waals surface area contributed by atoms with Crippen molar-refractivity contribution >= 4 is 17.5 Å². The van der Waals surface area contributed by atoms with Gasteiger partial charge in [0, 0.05) is 50.0 Å². The van der Waals surface area contributed by atoms with Crippen LogP contribution in [0.4, 0.5) is 10.2 Å². The molecule has 0 bridgehead atoms. The van der Waals surface area contributed by atoms with Gasteiger partial charge in [-0.2, -0.15) is 9.61 Å². The van der Waals surface area contributed by atoms with Crippen LogP contribution in [0, 0.1) is 12.7 Å². The summed E-state index contributed by atoms with van der Waals surface area (Å²) >= 11 is 0. The normalized spacial score (nSPS) is 15.1. The molecule has 6 heteroatoms. The van der Waals surface area contributed by atoms with E-state index in [4.69, 9.17) is 4.98 Å². The number of benzene rings is 2. The number of halogens is 1. The smallest absolute Gasteiger partial charge is 0.165 e. The van der Waals surface area contributed by atoms with Gasteiger partial charge in [0.2, 0.25) is 0 Å². The van der Waals surface area contributed by atoms with Gasteiger partial charge in [-0.05, 0) is 30.2 Å². The number of hydrogen-bond acceptors (Lipinski definition) is 4. The Kier molecular flexibility index (Phi) is 5.69. The van der Waals surface area contributed by atoms with Gasteiger partial charge in [-0.3, -0.25) is 4.90 Å². The molecule has 1 fully saturated rings. The molecule has 3 heterocycles. The average molecular weight is 428 g/mol. The van der Waals surface area contributed by atoms with E-state index in [1.165, 1.54) is 17.7 Å². The van der Waals surface area contributed by atoms with Crippen LogP contribution in [0.2, 0.25) is 0 Å². The highest BCUT2D eigenvalue weighted by atomic mass is 19.1. The molecule has 0 atom stereocenters. The predicted octanol–water partition coefficient (Wildman–Crippen LogP) is 4.68. The Morgan fingerprint density at radius 3 is 2.47 bits per heavy atom. The van der Waals surface area contributed by atoms with Crippen LogP contribution < -0.4 is 4.90 Å². The lowest BCUT2D eigenvalue weighted by atomic mass is 10.1. The molecule has 4 aromatic rings. The standard InChI is InChI=1S/C26H26FN5/c1-20-18-25(32-26(29-20)24(19-28-32)22-9-11-23(27)12-10-22)31-16-14-30(15-17-31)13-5-8-21-6-3-2-4-7-21/h2-12,18-19H,13-17H2,1H3/b8-5-. The molecule has 5 nitrogen and oxygen atoms in total. The number of nitrogens with zero attached hydrogens (tertiary/aromatic N) is 5. The zero-order valence-corrected chi connectivity index (χ0v) is 18.2. The molecular weight excluding hydrogens is 401 g/mol. The first-order chi connectivity index (χ1) is 15.7. The number of aromatic nitrogens is 3. The van der Waals surface area contributed by atoms with E-state index in [0.717, 1.165) is 61.0 Å². The molecule has 162 valence electrons. The third-order valence-corrected chi connectivity index (χ3v) is 5.91. The van der Waals surface area contributed by atoms with E-state index in [1.54, 1.807) is 12.1 Å². The van der Waals surface area contributed by atoms with E-state index in [1.807, 2.05) is 23.7 Å². The summed E-state index contributed by atoms with van der Waals surface area (Å²) < 4.78 is 15.3. The number of piperazine rings is 1. The van der Waals surface area contributed by atoms with Gasteiger partial charge in [0.1, 0.15) is 11.6 Å². The number of fused-ring (bicyclic) bond motifs is 1. The van der Waals surface area contributed by atoms with Gasteiger partial charge in [0.25, 0.3) is 0 Å². The van der Waals surface area contributed by atoms with Crippen molar-refractivity contribution < 1.29 is 4.39 Å². The molecule has 1 aliphatic heterocycles. The second-order valence-corrected chi connectivity index (χ2v) is 8.16. The molecule has 0 aliphatic carbocycles. The van der Waals surface area contributed by atoms with Gasteiger partial charge in [-0.1, -0.05) is 54.6 Å². The summed E-state index contributed by atoms with van der Waals surface area (Å²) in [4.78, 5) is 9.58.